The number of benzene rings is 2. The fourth-order valence-electron chi connectivity index (χ4n) is 3.86. The molecule has 34 heavy (non-hydrogen) atoms. The Hall–Kier alpha value is -2.53. The van der Waals surface area contributed by atoms with Gasteiger partial charge < -0.3 is 10.2 Å². The minimum atomic E-state index is -0.671. The van der Waals surface area contributed by atoms with Crippen molar-refractivity contribution in [3.63, 3.8) is 0 Å². The molecule has 2 heterocycles. The predicted octanol–water partition coefficient (Wildman–Crippen LogP) is 3.27. The van der Waals surface area contributed by atoms with E-state index in [0.717, 1.165) is 30.6 Å². The van der Waals surface area contributed by atoms with Crippen LogP contribution in [0.4, 0.5) is 4.39 Å². The summed E-state index contributed by atoms with van der Waals surface area (Å²) in [5.74, 6) is 0. The van der Waals surface area contributed by atoms with Gasteiger partial charge in [-0.25, -0.2) is 4.39 Å². The Kier molecular flexibility index (Phi) is 12.0. The molecular formula is C29H33FN3Na. The molecular weight excluding hydrogens is 432 g/mol. The van der Waals surface area contributed by atoms with Crippen molar-refractivity contribution < 1.29 is 33.9 Å². The molecule has 0 saturated carbocycles. The van der Waals surface area contributed by atoms with Crippen molar-refractivity contribution in [3.8, 4) is 0 Å². The van der Waals surface area contributed by atoms with E-state index in [-0.39, 0.29) is 35.6 Å². The van der Waals surface area contributed by atoms with Gasteiger partial charge in [0.15, 0.2) is 0 Å². The van der Waals surface area contributed by atoms with E-state index in [2.05, 4.69) is 65.6 Å². The van der Waals surface area contributed by atoms with E-state index in [4.69, 9.17) is 0 Å². The Balaban J connectivity index is 0.000000234. The number of hydrogen-bond acceptors (Lipinski definition) is 3. The number of nitrogens with one attached hydrogen (secondary N) is 1. The molecule has 1 fully saturated rings. The number of rotatable bonds is 8. The second-order valence-electron chi connectivity index (χ2n) is 8.22. The van der Waals surface area contributed by atoms with Gasteiger partial charge in [0.1, 0.15) is 6.17 Å². The molecule has 1 aliphatic heterocycles. The maximum atomic E-state index is 13.0. The number of alkyl halides is 1. The molecule has 3 nitrogen and oxygen atoms in total. The number of halogens is 1. The van der Waals surface area contributed by atoms with E-state index in [1.165, 1.54) is 16.7 Å². The number of likely N-dealkylation sites (tertiary alicyclic amines) is 1. The topological polar surface area (TPSA) is 28.2 Å². The van der Waals surface area contributed by atoms with Gasteiger partial charge in [0.05, 0.1) is 6.04 Å². The van der Waals surface area contributed by atoms with Crippen LogP contribution in [-0.4, -0.2) is 29.1 Å². The van der Waals surface area contributed by atoms with Crippen molar-refractivity contribution in [2.45, 2.75) is 31.5 Å². The summed E-state index contributed by atoms with van der Waals surface area (Å²) in [4.78, 5) is 6.13. The van der Waals surface area contributed by atoms with E-state index in [1.807, 2.05) is 42.6 Å². The molecule has 4 rings (SSSR count). The van der Waals surface area contributed by atoms with Gasteiger partial charge in [0, 0.05) is 31.2 Å². The molecule has 1 aliphatic rings. The third-order valence-corrected chi connectivity index (χ3v) is 5.73. The molecule has 0 aliphatic carbocycles. The molecule has 0 radical (unpaired) electrons. The molecule has 1 N–H and O–H groups in total. The number of allylic oxidation sites excluding steroid dienone is 1. The van der Waals surface area contributed by atoms with Crippen LogP contribution in [0.5, 0.6) is 0 Å². The van der Waals surface area contributed by atoms with Crippen molar-refractivity contribution in [2.75, 3.05) is 13.1 Å². The molecule has 2 aromatic carbocycles. The Labute approximate surface area is 226 Å². The molecule has 0 bridgehead atoms. The summed E-state index contributed by atoms with van der Waals surface area (Å²) in [6.45, 7) is 13.0. The average molecular weight is 466 g/mol. The van der Waals surface area contributed by atoms with Crippen LogP contribution in [-0.2, 0) is 6.42 Å². The molecule has 2 atom stereocenters. The van der Waals surface area contributed by atoms with Crippen LogP contribution in [0, 0.1) is 6.92 Å². The molecule has 2 unspecified atom stereocenters. The second-order valence-corrected chi connectivity index (χ2v) is 8.22. The number of pyridine rings is 1. The van der Waals surface area contributed by atoms with Crippen molar-refractivity contribution in [1.82, 2.24) is 15.2 Å². The van der Waals surface area contributed by atoms with Crippen molar-refractivity contribution in [2.24, 2.45) is 0 Å². The summed E-state index contributed by atoms with van der Waals surface area (Å²) in [6, 6.07) is 22.7. The molecule has 5 heteroatoms. The first-order chi connectivity index (χ1) is 16.1. The average Bonchev–Trinajstić information content (AvgIpc) is 3.30. The monoisotopic (exact) mass is 465 g/mol. The van der Waals surface area contributed by atoms with E-state index in [0.29, 0.717) is 13.0 Å². The van der Waals surface area contributed by atoms with Crippen molar-refractivity contribution in [3.05, 3.63) is 133 Å². The standard InChI is InChI=1S/C16H16N.C13H17FN2.Na/c1-3-17-16(14-7-5-4-6-8-14)15-11-9-13(2)10-12-15;1-11(16-8-6-13(14)10-16)4-5-12-3-2-7-15-9-12;/h3-12,16-17H,1-2H2;2-3,7,9,13H,1,4-6,8,10H2;/q-1;;+1. The smallest absolute Gasteiger partial charge is 0.381 e. The van der Waals surface area contributed by atoms with Crippen molar-refractivity contribution >= 4 is 0 Å². The first-order valence-electron chi connectivity index (χ1n) is 11.4. The summed E-state index contributed by atoms with van der Waals surface area (Å²) in [6.07, 6.45) is 7.16. The SMILES string of the molecule is C=C(CCc1cccnc1)N1CCC(F)C1.C=CNC(c1ccccc1)c1ccc([CH2-])cc1.[Na+]. The fourth-order valence-corrected chi connectivity index (χ4v) is 3.86. The van der Waals surface area contributed by atoms with E-state index < -0.39 is 6.17 Å². The van der Waals surface area contributed by atoms with E-state index in [1.54, 1.807) is 12.4 Å². The van der Waals surface area contributed by atoms with E-state index >= 15 is 0 Å². The molecule has 3 aromatic rings. The van der Waals surface area contributed by atoms with Gasteiger partial charge in [0.2, 0.25) is 0 Å². The zero-order valence-electron chi connectivity index (χ0n) is 20.2. The second kappa shape index (κ2) is 14.7. The Morgan fingerprint density at radius 1 is 1.12 bits per heavy atom. The third kappa shape index (κ3) is 8.68. The predicted molar refractivity (Wildman–Crippen MR) is 135 cm³/mol. The van der Waals surface area contributed by atoms with Gasteiger partial charge >= 0.3 is 29.6 Å². The molecule has 1 aromatic heterocycles. The van der Waals surface area contributed by atoms with Crippen LogP contribution < -0.4 is 34.9 Å². The van der Waals surface area contributed by atoms with E-state index in [9.17, 15) is 4.39 Å². The summed E-state index contributed by atoms with van der Waals surface area (Å²) < 4.78 is 13.0. The normalized spacial score (nSPS) is 15.3. The molecule has 0 amide bonds. The number of aryl methyl sites for hydroxylation is 1. The minimum absolute atomic E-state index is 0. The van der Waals surface area contributed by atoms with Crippen molar-refractivity contribution in [1.29, 1.82) is 0 Å². The summed E-state index contributed by atoms with van der Waals surface area (Å²) >= 11 is 0. The maximum Gasteiger partial charge on any atom is 1.00 e. The van der Waals surface area contributed by atoms with Crippen LogP contribution in [0.3, 0.4) is 0 Å². The van der Waals surface area contributed by atoms with Gasteiger partial charge in [-0.2, -0.15) is 24.6 Å². The third-order valence-electron chi connectivity index (χ3n) is 5.73. The van der Waals surface area contributed by atoms with Crippen LogP contribution >= 0.6 is 0 Å². The zero-order valence-corrected chi connectivity index (χ0v) is 22.2. The van der Waals surface area contributed by atoms with Crippen LogP contribution in [0.1, 0.15) is 41.1 Å². The summed E-state index contributed by atoms with van der Waals surface area (Å²) in [5.41, 5.74) is 5.72. The summed E-state index contributed by atoms with van der Waals surface area (Å²) in [7, 11) is 0. The Morgan fingerprint density at radius 3 is 2.41 bits per heavy atom. The molecule has 1 saturated heterocycles. The quantitative estimate of drug-likeness (QED) is 0.409. The van der Waals surface area contributed by atoms with Gasteiger partial charge in [-0.15, -0.1) is 12.1 Å². The van der Waals surface area contributed by atoms with Gasteiger partial charge in [-0.1, -0.05) is 49.6 Å². The molecule has 172 valence electrons. The van der Waals surface area contributed by atoms with Gasteiger partial charge in [-0.3, -0.25) is 4.98 Å². The van der Waals surface area contributed by atoms with Crippen LogP contribution in [0.2, 0.25) is 0 Å². The largest absolute Gasteiger partial charge is 1.00 e. The fraction of sp³-hybridized carbons (Fsp3) is 0.241. The Morgan fingerprint density at radius 2 is 1.82 bits per heavy atom. The van der Waals surface area contributed by atoms with Gasteiger partial charge in [0.25, 0.3) is 0 Å². The summed E-state index contributed by atoms with van der Waals surface area (Å²) in [5, 5.41) is 3.28. The van der Waals surface area contributed by atoms with Crippen LogP contribution in [0.15, 0.2) is 104 Å². The first kappa shape index (κ1) is 27.7. The number of nitrogens with zero attached hydrogens (tertiary/aromatic N) is 2. The van der Waals surface area contributed by atoms with Gasteiger partial charge in [-0.05, 0) is 48.2 Å². The minimum Gasteiger partial charge on any atom is -0.381 e. The maximum absolute atomic E-state index is 13.0. The molecule has 0 spiro atoms. The Bertz CT molecular complexity index is 993. The first-order valence-corrected chi connectivity index (χ1v) is 11.4. The number of aromatic nitrogens is 1. The number of hydrogen-bond donors (Lipinski definition) is 1. The van der Waals surface area contributed by atoms with Crippen LogP contribution in [0.25, 0.3) is 0 Å². The zero-order chi connectivity index (χ0) is 23.5.